The molecule has 0 bridgehead atoms. The van der Waals surface area contributed by atoms with E-state index in [1.807, 2.05) is 0 Å². The number of aromatic hydroxyl groups is 3. The lowest BCUT2D eigenvalue weighted by Crippen LogP contribution is -2.03. The minimum atomic E-state index is -1.05. The number of aromatic carboxylic acids is 1. The summed E-state index contributed by atoms with van der Waals surface area (Å²) in [6, 6.07) is 9.82. The van der Waals surface area contributed by atoms with Gasteiger partial charge in [-0.25, -0.2) is 4.79 Å². The molecule has 0 aliphatic heterocycles. The van der Waals surface area contributed by atoms with Gasteiger partial charge >= 0.3 is 5.97 Å². The van der Waals surface area contributed by atoms with Crippen LogP contribution in [-0.2, 0) is 12.8 Å². The SMILES string of the molecule is CCC/C=C\C/C=C\CCCCCCCc1cccc(O)c1C(=O)O.CCCCCCCCCCCCCCCc1cc(O)cc(O)c1. The van der Waals surface area contributed by atoms with Crippen molar-refractivity contribution in [1.29, 1.82) is 0 Å². The Labute approximate surface area is 293 Å². The molecule has 0 aliphatic rings. The highest BCUT2D eigenvalue weighted by atomic mass is 16.4. The molecule has 0 saturated heterocycles. The predicted molar refractivity (Wildman–Crippen MR) is 203 cm³/mol. The van der Waals surface area contributed by atoms with Crippen LogP contribution in [0.15, 0.2) is 60.7 Å². The molecule has 2 aromatic carbocycles. The predicted octanol–water partition coefficient (Wildman–Crippen LogP) is 13.0. The minimum Gasteiger partial charge on any atom is -0.508 e. The summed E-state index contributed by atoms with van der Waals surface area (Å²) in [4.78, 5) is 11.2. The number of carboxylic acid groups (broad SMARTS) is 1. The van der Waals surface area contributed by atoms with E-state index in [0.717, 1.165) is 49.7 Å². The molecule has 0 spiro atoms. The lowest BCUT2D eigenvalue weighted by molar-refractivity contribution is 0.0692. The maximum Gasteiger partial charge on any atom is 0.339 e. The Morgan fingerprint density at radius 2 is 1.06 bits per heavy atom. The summed E-state index contributed by atoms with van der Waals surface area (Å²) < 4.78 is 0. The minimum absolute atomic E-state index is 0.0561. The normalized spacial score (nSPS) is 11.3. The van der Waals surface area contributed by atoms with Crippen LogP contribution in [0.3, 0.4) is 0 Å². The summed E-state index contributed by atoms with van der Waals surface area (Å²) in [6.45, 7) is 4.46. The van der Waals surface area contributed by atoms with E-state index >= 15 is 0 Å². The molecule has 0 unspecified atom stereocenters. The Morgan fingerprint density at radius 1 is 0.562 bits per heavy atom. The van der Waals surface area contributed by atoms with E-state index in [2.05, 4.69) is 38.2 Å². The second-order valence-electron chi connectivity index (χ2n) is 13.2. The van der Waals surface area contributed by atoms with Gasteiger partial charge in [-0.3, -0.25) is 0 Å². The number of carboxylic acids is 1. The van der Waals surface area contributed by atoms with E-state index < -0.39 is 5.97 Å². The van der Waals surface area contributed by atoms with Crippen LogP contribution >= 0.6 is 0 Å². The quantitative estimate of drug-likeness (QED) is 0.0563. The molecule has 0 saturated carbocycles. The molecule has 2 rings (SSSR count). The molecule has 5 heteroatoms. The highest BCUT2D eigenvalue weighted by Gasteiger charge is 2.14. The largest absolute Gasteiger partial charge is 0.508 e. The number of aryl methyl sites for hydroxylation is 2. The maximum absolute atomic E-state index is 11.2. The molecule has 0 atom stereocenters. The van der Waals surface area contributed by atoms with E-state index in [9.17, 15) is 25.2 Å². The molecular weight excluding hydrogens is 596 g/mol. The number of hydrogen-bond acceptors (Lipinski definition) is 4. The topological polar surface area (TPSA) is 98.0 Å². The molecule has 2 aromatic rings. The van der Waals surface area contributed by atoms with Gasteiger partial charge in [0, 0.05) is 6.07 Å². The van der Waals surface area contributed by atoms with Crippen LogP contribution in [0, 0.1) is 0 Å². The second kappa shape index (κ2) is 29.9. The van der Waals surface area contributed by atoms with Gasteiger partial charge in [-0.05, 0) is 80.7 Å². The standard InChI is InChI=1S/C22H32O3.C21H36O2/c1-2-3-4-5-6-7-8-9-10-11-12-13-14-16-19-17-15-18-20(23)21(19)22(24)25;1-2-3-4-5-6-7-8-9-10-11-12-13-14-15-19-16-20(22)18-21(23)17-19/h4-5,7-8,15,17-18,23H,2-3,6,9-14,16H2,1H3,(H,24,25);16-18,22-23H,2-15H2,1H3/b5-4-,8-7-;. The fourth-order valence-electron chi connectivity index (χ4n) is 5.97. The third-order valence-corrected chi connectivity index (χ3v) is 8.75. The number of phenolic OH excluding ortho intramolecular Hbond substituents is 2. The molecule has 0 amide bonds. The Bertz CT molecular complexity index is 1120. The van der Waals surface area contributed by atoms with Crippen molar-refractivity contribution in [2.75, 3.05) is 0 Å². The number of benzene rings is 2. The van der Waals surface area contributed by atoms with Crippen LogP contribution in [0.4, 0.5) is 0 Å². The summed E-state index contributed by atoms with van der Waals surface area (Å²) in [5.74, 6) is -0.866. The van der Waals surface area contributed by atoms with Crippen molar-refractivity contribution >= 4 is 5.97 Å². The number of hydrogen-bond donors (Lipinski definition) is 4. The summed E-state index contributed by atoms with van der Waals surface area (Å²) in [6.07, 6.45) is 38.5. The lowest BCUT2D eigenvalue weighted by atomic mass is 9.99. The number of phenols is 3. The number of unbranched alkanes of at least 4 members (excludes halogenated alkanes) is 18. The Morgan fingerprint density at radius 3 is 1.60 bits per heavy atom. The second-order valence-corrected chi connectivity index (χ2v) is 13.2. The first-order valence-corrected chi connectivity index (χ1v) is 19.2. The van der Waals surface area contributed by atoms with Crippen molar-refractivity contribution in [3.05, 3.63) is 77.4 Å². The van der Waals surface area contributed by atoms with Crippen molar-refractivity contribution in [2.45, 2.75) is 168 Å². The summed E-state index contributed by atoms with van der Waals surface area (Å²) in [7, 11) is 0. The Hall–Kier alpha value is -3.21. The van der Waals surface area contributed by atoms with Gasteiger partial charge in [0.25, 0.3) is 0 Å². The molecule has 270 valence electrons. The highest BCUT2D eigenvalue weighted by molar-refractivity contribution is 5.92. The van der Waals surface area contributed by atoms with Crippen LogP contribution < -0.4 is 0 Å². The molecule has 0 aliphatic carbocycles. The van der Waals surface area contributed by atoms with Crippen LogP contribution in [0.2, 0.25) is 0 Å². The van der Waals surface area contributed by atoms with Gasteiger partial charge in [0.2, 0.25) is 0 Å². The van der Waals surface area contributed by atoms with E-state index in [-0.39, 0.29) is 22.8 Å². The highest BCUT2D eigenvalue weighted by Crippen LogP contribution is 2.24. The van der Waals surface area contributed by atoms with Crippen molar-refractivity contribution in [3.63, 3.8) is 0 Å². The van der Waals surface area contributed by atoms with E-state index in [1.54, 1.807) is 24.3 Å². The van der Waals surface area contributed by atoms with Gasteiger partial charge in [0.05, 0.1) is 0 Å². The fourth-order valence-corrected chi connectivity index (χ4v) is 5.97. The Balaban J connectivity index is 0.000000482. The fraction of sp³-hybridized carbons (Fsp3) is 0.605. The van der Waals surface area contributed by atoms with Crippen LogP contribution in [0.5, 0.6) is 17.2 Å². The van der Waals surface area contributed by atoms with E-state index in [0.29, 0.717) is 6.42 Å². The van der Waals surface area contributed by atoms with E-state index in [4.69, 9.17) is 0 Å². The van der Waals surface area contributed by atoms with Gasteiger partial charge in [-0.15, -0.1) is 0 Å². The molecule has 0 heterocycles. The molecule has 0 radical (unpaired) electrons. The summed E-state index contributed by atoms with van der Waals surface area (Å²) in [5, 5.41) is 37.7. The first-order chi connectivity index (χ1) is 23.4. The molecule has 48 heavy (non-hydrogen) atoms. The summed E-state index contributed by atoms with van der Waals surface area (Å²) >= 11 is 0. The maximum atomic E-state index is 11.2. The molecule has 4 N–H and O–H groups in total. The van der Waals surface area contributed by atoms with Crippen molar-refractivity contribution in [2.24, 2.45) is 0 Å². The zero-order chi connectivity index (χ0) is 35.1. The average Bonchev–Trinajstić information content (AvgIpc) is 3.05. The molecule has 5 nitrogen and oxygen atoms in total. The smallest absolute Gasteiger partial charge is 0.339 e. The first kappa shape index (κ1) is 42.8. The van der Waals surface area contributed by atoms with Crippen LogP contribution in [-0.4, -0.2) is 26.4 Å². The van der Waals surface area contributed by atoms with Gasteiger partial charge in [-0.2, -0.15) is 0 Å². The average molecular weight is 665 g/mol. The zero-order valence-electron chi connectivity index (χ0n) is 30.4. The monoisotopic (exact) mass is 665 g/mol. The molecule has 0 fully saturated rings. The number of rotatable bonds is 27. The van der Waals surface area contributed by atoms with Crippen molar-refractivity contribution in [3.8, 4) is 17.2 Å². The first-order valence-electron chi connectivity index (χ1n) is 19.2. The lowest BCUT2D eigenvalue weighted by Gasteiger charge is -2.07. The third-order valence-electron chi connectivity index (χ3n) is 8.75. The van der Waals surface area contributed by atoms with Gasteiger partial charge < -0.3 is 20.4 Å². The van der Waals surface area contributed by atoms with Crippen LogP contribution in [0.1, 0.15) is 177 Å². The van der Waals surface area contributed by atoms with Crippen molar-refractivity contribution < 1.29 is 25.2 Å². The van der Waals surface area contributed by atoms with Crippen LogP contribution in [0.25, 0.3) is 0 Å². The van der Waals surface area contributed by atoms with E-state index in [1.165, 1.54) is 121 Å². The number of carbonyl (C=O) groups is 1. The third kappa shape index (κ3) is 23.2. The molecule has 0 aromatic heterocycles. The van der Waals surface area contributed by atoms with Gasteiger partial charge in [-0.1, -0.05) is 153 Å². The molecular formula is C43H68O5. The summed E-state index contributed by atoms with van der Waals surface area (Å²) in [5.41, 5.74) is 1.82. The van der Waals surface area contributed by atoms with Gasteiger partial charge in [0.1, 0.15) is 22.8 Å². The Kier molecular flexibility index (Phi) is 26.7. The van der Waals surface area contributed by atoms with Crippen molar-refractivity contribution in [1.82, 2.24) is 0 Å². The number of allylic oxidation sites excluding steroid dienone is 4. The van der Waals surface area contributed by atoms with Gasteiger partial charge in [0.15, 0.2) is 0 Å². The zero-order valence-corrected chi connectivity index (χ0v) is 30.4.